The monoisotopic (exact) mass is 427 g/mol. The van der Waals surface area contributed by atoms with Crippen LogP contribution in [0.1, 0.15) is 28.8 Å². The standard InChI is InChI=1S/C27H26FN3O/c1-30-13-5-8-26(30)25-18-23(22-17-21(28)9-10-24(22)29-25)27(32)31-14-11-20(12-15-31)16-19-6-3-2-4-7-19/h2-10,13,17-18,20H,11-12,14-16H2,1H3. The van der Waals surface area contributed by atoms with Crippen molar-refractivity contribution in [1.29, 1.82) is 0 Å². The summed E-state index contributed by atoms with van der Waals surface area (Å²) in [4.78, 5) is 20.2. The van der Waals surface area contributed by atoms with E-state index in [1.54, 1.807) is 6.07 Å². The SMILES string of the molecule is Cn1cccc1-c1cc(C(=O)N2CCC(Cc3ccccc3)CC2)c2cc(F)ccc2n1. The Morgan fingerprint density at radius 2 is 1.81 bits per heavy atom. The highest BCUT2D eigenvalue weighted by Gasteiger charge is 2.26. The molecular formula is C27H26FN3O. The van der Waals surface area contributed by atoms with Crippen LogP contribution in [-0.2, 0) is 13.5 Å². The van der Waals surface area contributed by atoms with Crippen LogP contribution in [0, 0.1) is 11.7 Å². The molecule has 162 valence electrons. The molecule has 5 heteroatoms. The van der Waals surface area contributed by atoms with Gasteiger partial charge in [0.05, 0.1) is 22.5 Å². The molecule has 2 aromatic carbocycles. The number of piperidine rings is 1. The van der Waals surface area contributed by atoms with E-state index < -0.39 is 0 Å². The Morgan fingerprint density at radius 1 is 1.03 bits per heavy atom. The van der Waals surface area contributed by atoms with Crippen LogP contribution in [0.25, 0.3) is 22.3 Å². The van der Waals surface area contributed by atoms with Gasteiger partial charge in [-0.3, -0.25) is 4.79 Å². The topological polar surface area (TPSA) is 38.1 Å². The minimum Gasteiger partial charge on any atom is -0.349 e. The second-order valence-corrected chi connectivity index (χ2v) is 8.65. The van der Waals surface area contributed by atoms with Crippen LogP contribution in [0.15, 0.2) is 72.9 Å². The Hall–Kier alpha value is -3.47. The van der Waals surface area contributed by atoms with Crippen LogP contribution >= 0.6 is 0 Å². The number of aromatic nitrogens is 2. The van der Waals surface area contributed by atoms with Crippen molar-refractivity contribution in [3.63, 3.8) is 0 Å². The number of halogens is 1. The summed E-state index contributed by atoms with van der Waals surface area (Å²) in [6.07, 6.45) is 4.94. The predicted octanol–water partition coefficient (Wildman–Crippen LogP) is 5.47. The Morgan fingerprint density at radius 3 is 2.53 bits per heavy atom. The first-order valence-corrected chi connectivity index (χ1v) is 11.1. The van der Waals surface area contributed by atoms with Gasteiger partial charge in [0.15, 0.2) is 0 Å². The number of aryl methyl sites for hydroxylation is 1. The van der Waals surface area contributed by atoms with Crippen molar-refractivity contribution in [2.75, 3.05) is 13.1 Å². The third-order valence-electron chi connectivity index (χ3n) is 6.48. The van der Waals surface area contributed by atoms with Gasteiger partial charge in [-0.2, -0.15) is 0 Å². The molecule has 4 aromatic rings. The highest BCUT2D eigenvalue weighted by molar-refractivity contribution is 6.07. The van der Waals surface area contributed by atoms with Crippen LogP contribution in [0.5, 0.6) is 0 Å². The van der Waals surface area contributed by atoms with Gasteiger partial charge in [0.25, 0.3) is 5.91 Å². The van der Waals surface area contributed by atoms with Gasteiger partial charge in [-0.1, -0.05) is 30.3 Å². The molecule has 0 radical (unpaired) electrons. The van der Waals surface area contributed by atoms with Gasteiger partial charge in [-0.25, -0.2) is 9.37 Å². The van der Waals surface area contributed by atoms with Crippen LogP contribution in [0.4, 0.5) is 4.39 Å². The number of rotatable bonds is 4. The zero-order chi connectivity index (χ0) is 22.1. The lowest BCUT2D eigenvalue weighted by Gasteiger charge is -2.32. The van der Waals surface area contributed by atoms with Crippen molar-refractivity contribution in [1.82, 2.24) is 14.5 Å². The lowest BCUT2D eigenvalue weighted by atomic mass is 9.90. The van der Waals surface area contributed by atoms with Gasteiger partial charge in [0.2, 0.25) is 0 Å². The molecule has 1 aliphatic heterocycles. The Labute approximate surface area is 187 Å². The molecule has 1 aliphatic rings. The van der Waals surface area contributed by atoms with E-state index in [1.807, 2.05) is 47.0 Å². The first-order valence-electron chi connectivity index (χ1n) is 11.1. The highest BCUT2D eigenvalue weighted by Crippen LogP contribution is 2.29. The van der Waals surface area contributed by atoms with Gasteiger partial charge >= 0.3 is 0 Å². The number of hydrogen-bond donors (Lipinski definition) is 0. The second-order valence-electron chi connectivity index (χ2n) is 8.65. The normalized spacial score (nSPS) is 14.8. The highest BCUT2D eigenvalue weighted by atomic mass is 19.1. The fourth-order valence-corrected chi connectivity index (χ4v) is 4.69. The maximum atomic E-state index is 14.1. The maximum absolute atomic E-state index is 14.1. The predicted molar refractivity (Wildman–Crippen MR) is 125 cm³/mol. The number of likely N-dealkylation sites (tertiary alicyclic amines) is 1. The molecule has 0 aliphatic carbocycles. The first-order chi connectivity index (χ1) is 15.6. The average molecular weight is 428 g/mol. The largest absolute Gasteiger partial charge is 0.349 e. The number of carbonyl (C=O) groups is 1. The summed E-state index contributed by atoms with van der Waals surface area (Å²) in [6, 6.07) is 20.7. The lowest BCUT2D eigenvalue weighted by Crippen LogP contribution is -2.39. The van der Waals surface area contributed by atoms with Crippen molar-refractivity contribution in [3.05, 3.63) is 89.9 Å². The zero-order valence-corrected chi connectivity index (χ0v) is 18.2. The number of hydrogen-bond acceptors (Lipinski definition) is 2. The molecule has 0 N–H and O–H groups in total. The van der Waals surface area contributed by atoms with Gasteiger partial charge in [0, 0.05) is 31.7 Å². The number of fused-ring (bicyclic) bond motifs is 1. The van der Waals surface area contributed by atoms with E-state index in [1.165, 1.54) is 17.7 Å². The van der Waals surface area contributed by atoms with E-state index in [4.69, 9.17) is 4.98 Å². The van der Waals surface area contributed by atoms with Crippen molar-refractivity contribution in [2.45, 2.75) is 19.3 Å². The molecule has 0 bridgehead atoms. The number of benzene rings is 2. The third kappa shape index (κ3) is 4.03. The summed E-state index contributed by atoms with van der Waals surface area (Å²) in [5, 5.41) is 0.569. The van der Waals surface area contributed by atoms with Gasteiger partial charge in [-0.05, 0) is 67.1 Å². The third-order valence-corrected chi connectivity index (χ3v) is 6.48. The van der Waals surface area contributed by atoms with Crippen molar-refractivity contribution in [3.8, 4) is 11.4 Å². The molecule has 1 fully saturated rings. The van der Waals surface area contributed by atoms with E-state index in [2.05, 4.69) is 24.3 Å². The molecule has 0 atom stereocenters. The maximum Gasteiger partial charge on any atom is 0.254 e. The summed E-state index contributed by atoms with van der Waals surface area (Å²) in [7, 11) is 1.95. The van der Waals surface area contributed by atoms with Crippen LogP contribution in [0.2, 0.25) is 0 Å². The number of nitrogens with zero attached hydrogens (tertiary/aromatic N) is 3. The number of carbonyl (C=O) groups excluding carboxylic acids is 1. The molecule has 3 heterocycles. The Bertz CT molecular complexity index is 1260. The molecule has 0 spiro atoms. The minimum atomic E-state index is -0.360. The Balaban J connectivity index is 1.42. The summed E-state index contributed by atoms with van der Waals surface area (Å²) < 4.78 is 16.0. The zero-order valence-electron chi connectivity index (χ0n) is 18.2. The second kappa shape index (κ2) is 8.58. The van der Waals surface area contributed by atoms with Crippen molar-refractivity contribution in [2.24, 2.45) is 13.0 Å². The van der Waals surface area contributed by atoms with Gasteiger partial charge in [-0.15, -0.1) is 0 Å². The molecular weight excluding hydrogens is 401 g/mol. The van der Waals surface area contributed by atoms with E-state index in [0.717, 1.165) is 43.7 Å². The molecule has 1 amide bonds. The summed E-state index contributed by atoms with van der Waals surface area (Å²) in [6.45, 7) is 1.43. The number of pyridine rings is 1. The molecule has 32 heavy (non-hydrogen) atoms. The van der Waals surface area contributed by atoms with Crippen LogP contribution in [-0.4, -0.2) is 33.4 Å². The Kier molecular flexibility index (Phi) is 5.48. The van der Waals surface area contributed by atoms with E-state index >= 15 is 0 Å². The summed E-state index contributed by atoms with van der Waals surface area (Å²) >= 11 is 0. The molecule has 5 rings (SSSR count). The molecule has 0 unspecified atom stereocenters. The fourth-order valence-electron chi connectivity index (χ4n) is 4.69. The van der Waals surface area contributed by atoms with Crippen LogP contribution < -0.4 is 0 Å². The fraction of sp³-hybridized carbons (Fsp3) is 0.259. The molecule has 4 nitrogen and oxygen atoms in total. The van der Waals surface area contributed by atoms with E-state index in [-0.39, 0.29) is 11.7 Å². The van der Waals surface area contributed by atoms with Gasteiger partial charge in [0.1, 0.15) is 5.82 Å². The van der Waals surface area contributed by atoms with Gasteiger partial charge < -0.3 is 9.47 Å². The average Bonchev–Trinajstić information content (AvgIpc) is 3.25. The van der Waals surface area contributed by atoms with Crippen LogP contribution in [0.3, 0.4) is 0 Å². The lowest BCUT2D eigenvalue weighted by molar-refractivity contribution is 0.0692. The van der Waals surface area contributed by atoms with E-state index in [9.17, 15) is 9.18 Å². The van der Waals surface area contributed by atoms with Crippen molar-refractivity contribution >= 4 is 16.8 Å². The molecule has 1 saturated heterocycles. The minimum absolute atomic E-state index is 0.0448. The summed E-state index contributed by atoms with van der Waals surface area (Å²) in [5.74, 6) is 0.171. The van der Waals surface area contributed by atoms with E-state index in [0.29, 0.717) is 22.4 Å². The molecule has 2 aromatic heterocycles. The van der Waals surface area contributed by atoms with Crippen molar-refractivity contribution < 1.29 is 9.18 Å². The quantitative estimate of drug-likeness (QED) is 0.433. The number of amides is 1. The first kappa shape index (κ1) is 20.4. The molecule has 0 saturated carbocycles. The summed E-state index contributed by atoms with van der Waals surface area (Å²) in [5.41, 5.74) is 4.14. The smallest absolute Gasteiger partial charge is 0.254 e.